The summed E-state index contributed by atoms with van der Waals surface area (Å²) >= 11 is 0. The van der Waals surface area contributed by atoms with Crippen LogP contribution in [0.4, 0.5) is 0 Å². The molecule has 0 N–H and O–H groups in total. The molecule has 134 valence electrons. The lowest BCUT2D eigenvalue weighted by molar-refractivity contribution is -0.0774. The maximum atomic E-state index is 1.68. The van der Waals surface area contributed by atoms with Gasteiger partial charge in [-0.3, -0.25) is 0 Å². The summed E-state index contributed by atoms with van der Waals surface area (Å²) in [4.78, 5) is 0. The molecule has 10 atom stereocenters. The van der Waals surface area contributed by atoms with Crippen molar-refractivity contribution in [2.24, 2.45) is 59.2 Å². The van der Waals surface area contributed by atoms with Crippen molar-refractivity contribution in [1.82, 2.24) is 0 Å². The lowest BCUT2D eigenvalue weighted by Gasteiger charge is -2.56. The van der Waals surface area contributed by atoms with Crippen LogP contribution < -0.4 is 0 Å². The van der Waals surface area contributed by atoms with Crippen LogP contribution in [0.15, 0.2) is 0 Å². The highest BCUT2D eigenvalue weighted by Crippen LogP contribution is 2.69. The minimum Gasteiger partial charge on any atom is -0.0530 e. The molecular formula is C24H38. The van der Waals surface area contributed by atoms with Gasteiger partial charge in [0.05, 0.1) is 0 Å². The van der Waals surface area contributed by atoms with Crippen LogP contribution in [0.2, 0.25) is 0 Å². The van der Waals surface area contributed by atoms with Crippen molar-refractivity contribution in [2.75, 3.05) is 0 Å². The minimum atomic E-state index is 1.16. The fraction of sp³-hybridized carbons (Fsp3) is 1.00. The van der Waals surface area contributed by atoms with Gasteiger partial charge < -0.3 is 0 Å². The van der Waals surface area contributed by atoms with E-state index in [1.54, 1.807) is 89.9 Å². The summed E-state index contributed by atoms with van der Waals surface area (Å²) in [5.74, 6) is 11.8. The van der Waals surface area contributed by atoms with Crippen molar-refractivity contribution in [1.29, 1.82) is 0 Å². The summed E-state index contributed by atoms with van der Waals surface area (Å²) < 4.78 is 0. The average Bonchev–Trinajstić information content (AvgIpc) is 2.98. The number of hydrogen-bond donors (Lipinski definition) is 0. The normalized spacial score (nSPS) is 59.0. The second-order valence-electron chi connectivity index (χ2n) is 11.0. The van der Waals surface area contributed by atoms with E-state index in [9.17, 15) is 0 Å². The first kappa shape index (κ1) is 15.1. The zero-order chi connectivity index (χ0) is 15.7. The van der Waals surface area contributed by atoms with Gasteiger partial charge in [0.2, 0.25) is 0 Å². The third kappa shape index (κ3) is 2.04. The lowest BCUT2D eigenvalue weighted by atomic mass is 9.48. The molecule has 6 aliphatic carbocycles. The smallest absolute Gasteiger partial charge is 0.0318 e. The molecule has 24 heavy (non-hydrogen) atoms. The van der Waals surface area contributed by atoms with Gasteiger partial charge in [-0.1, -0.05) is 51.4 Å². The van der Waals surface area contributed by atoms with Gasteiger partial charge in [0, 0.05) is 0 Å². The SMILES string of the molecule is C1CCC2C(C1)CC1C3CCCCC3C3C4CCCCC4CC2C13. The summed E-state index contributed by atoms with van der Waals surface area (Å²) in [6.45, 7) is 0. The first-order valence-electron chi connectivity index (χ1n) is 11.9. The van der Waals surface area contributed by atoms with E-state index in [-0.39, 0.29) is 0 Å². The molecule has 0 heterocycles. The highest BCUT2D eigenvalue weighted by atomic mass is 14.7. The molecule has 0 heteroatoms. The van der Waals surface area contributed by atoms with Crippen LogP contribution in [0.25, 0.3) is 0 Å². The Balaban J connectivity index is 1.41. The molecule has 6 rings (SSSR count). The zero-order valence-corrected chi connectivity index (χ0v) is 15.7. The van der Waals surface area contributed by atoms with Gasteiger partial charge in [0.1, 0.15) is 0 Å². The Morgan fingerprint density at radius 3 is 1.54 bits per heavy atom. The van der Waals surface area contributed by atoms with Crippen LogP contribution in [0.3, 0.4) is 0 Å². The fourth-order valence-corrected chi connectivity index (χ4v) is 10.0. The molecule has 0 amide bonds. The van der Waals surface area contributed by atoms with Gasteiger partial charge in [-0.25, -0.2) is 0 Å². The van der Waals surface area contributed by atoms with E-state index in [0.29, 0.717) is 0 Å². The van der Waals surface area contributed by atoms with Crippen LogP contribution in [-0.2, 0) is 0 Å². The van der Waals surface area contributed by atoms with E-state index in [1.165, 1.54) is 47.3 Å². The summed E-state index contributed by atoms with van der Waals surface area (Å²) in [6.07, 6.45) is 22.5. The molecule has 0 aliphatic heterocycles. The first-order valence-corrected chi connectivity index (χ1v) is 11.9. The Hall–Kier alpha value is 0. The number of rotatable bonds is 0. The molecule has 6 fully saturated rings. The summed E-state index contributed by atoms with van der Waals surface area (Å²) in [6, 6.07) is 0. The third-order valence-electron chi connectivity index (χ3n) is 10.5. The maximum absolute atomic E-state index is 1.68. The zero-order valence-electron chi connectivity index (χ0n) is 15.7. The largest absolute Gasteiger partial charge is 0.0530 e. The van der Waals surface area contributed by atoms with Crippen molar-refractivity contribution >= 4 is 0 Å². The Bertz CT molecular complexity index is 480. The van der Waals surface area contributed by atoms with Gasteiger partial charge in [0.25, 0.3) is 0 Å². The van der Waals surface area contributed by atoms with Crippen molar-refractivity contribution in [3.8, 4) is 0 Å². The monoisotopic (exact) mass is 326 g/mol. The lowest BCUT2D eigenvalue weighted by Crippen LogP contribution is -2.49. The quantitative estimate of drug-likeness (QED) is 0.465. The fourth-order valence-electron chi connectivity index (χ4n) is 10.0. The minimum absolute atomic E-state index is 1.16. The van der Waals surface area contributed by atoms with E-state index < -0.39 is 0 Å². The van der Waals surface area contributed by atoms with Crippen LogP contribution >= 0.6 is 0 Å². The molecule has 0 aromatic rings. The van der Waals surface area contributed by atoms with Crippen LogP contribution in [0.5, 0.6) is 0 Å². The van der Waals surface area contributed by atoms with Crippen LogP contribution in [0, 0.1) is 59.2 Å². The van der Waals surface area contributed by atoms with Crippen molar-refractivity contribution < 1.29 is 0 Å². The van der Waals surface area contributed by atoms with Gasteiger partial charge in [-0.05, 0) is 97.7 Å². The van der Waals surface area contributed by atoms with E-state index in [4.69, 9.17) is 0 Å². The number of hydrogen-bond acceptors (Lipinski definition) is 0. The van der Waals surface area contributed by atoms with Crippen LogP contribution in [-0.4, -0.2) is 0 Å². The average molecular weight is 327 g/mol. The predicted octanol–water partition coefficient (Wildman–Crippen LogP) is 6.69. The third-order valence-corrected chi connectivity index (χ3v) is 10.5. The second kappa shape index (κ2) is 5.75. The summed E-state index contributed by atoms with van der Waals surface area (Å²) in [5.41, 5.74) is 0. The highest BCUT2D eigenvalue weighted by Gasteiger charge is 2.62. The van der Waals surface area contributed by atoms with E-state index in [2.05, 4.69) is 0 Å². The van der Waals surface area contributed by atoms with Crippen molar-refractivity contribution in [2.45, 2.75) is 89.9 Å². The predicted molar refractivity (Wildman–Crippen MR) is 99.5 cm³/mol. The van der Waals surface area contributed by atoms with E-state index in [1.807, 2.05) is 0 Å². The molecule has 0 spiro atoms. The number of fused-ring (bicyclic) bond motifs is 7. The Labute approximate surface area is 149 Å². The standard InChI is InChI=1S/C24H38/c1-3-9-17-15(7-1)13-22-19-11-5-6-12-20(19)23-18-10-4-2-8-16(18)14-21(17)24(22)23/h15-24H,1-14H2. The van der Waals surface area contributed by atoms with Gasteiger partial charge in [0.15, 0.2) is 0 Å². The summed E-state index contributed by atoms with van der Waals surface area (Å²) in [7, 11) is 0. The molecule has 0 aromatic heterocycles. The van der Waals surface area contributed by atoms with E-state index in [0.717, 1.165) is 11.8 Å². The Morgan fingerprint density at radius 1 is 0.333 bits per heavy atom. The van der Waals surface area contributed by atoms with Crippen molar-refractivity contribution in [3.63, 3.8) is 0 Å². The molecule has 0 aromatic carbocycles. The maximum Gasteiger partial charge on any atom is -0.0318 e. The Morgan fingerprint density at radius 2 is 0.792 bits per heavy atom. The topological polar surface area (TPSA) is 0 Å². The van der Waals surface area contributed by atoms with Gasteiger partial charge in [-0.2, -0.15) is 0 Å². The first-order chi connectivity index (χ1) is 11.9. The van der Waals surface area contributed by atoms with Crippen LogP contribution in [0.1, 0.15) is 89.9 Å². The Kier molecular flexibility index (Phi) is 3.62. The molecule has 0 saturated heterocycles. The molecule has 6 aliphatic rings. The molecule has 10 unspecified atom stereocenters. The molecule has 0 radical (unpaired) electrons. The molecule has 0 nitrogen and oxygen atoms in total. The highest BCUT2D eigenvalue weighted by molar-refractivity contribution is 5.11. The molecule has 0 bridgehead atoms. The second-order valence-corrected chi connectivity index (χ2v) is 11.0. The molecular weight excluding hydrogens is 288 g/mol. The van der Waals surface area contributed by atoms with Gasteiger partial charge in [-0.15, -0.1) is 0 Å². The van der Waals surface area contributed by atoms with Crippen molar-refractivity contribution in [3.05, 3.63) is 0 Å². The van der Waals surface area contributed by atoms with E-state index >= 15 is 0 Å². The summed E-state index contributed by atoms with van der Waals surface area (Å²) in [5, 5.41) is 0. The molecule has 6 saturated carbocycles. The van der Waals surface area contributed by atoms with Gasteiger partial charge >= 0.3 is 0 Å².